The highest BCUT2D eigenvalue weighted by Crippen LogP contribution is 2.28. The van der Waals surface area contributed by atoms with Crippen molar-refractivity contribution >= 4 is 12.1 Å². The van der Waals surface area contributed by atoms with E-state index < -0.39 is 0 Å². The van der Waals surface area contributed by atoms with E-state index in [-0.39, 0.29) is 12.3 Å². The first-order valence-electron chi connectivity index (χ1n) is 10.2. The molecule has 3 aromatic rings. The van der Waals surface area contributed by atoms with Crippen LogP contribution in [-0.2, 0) is 17.8 Å². The van der Waals surface area contributed by atoms with Gasteiger partial charge in [-0.3, -0.25) is 4.79 Å². The average Bonchev–Trinajstić information content (AvgIpc) is 2.80. The molecule has 0 aliphatic rings. The molecule has 3 aromatic carbocycles. The Hall–Kier alpha value is -4.11. The molecule has 0 atom stereocenters. The minimum absolute atomic E-state index is 0.181. The summed E-state index contributed by atoms with van der Waals surface area (Å²) in [6, 6.07) is 20.8. The Morgan fingerprint density at radius 2 is 1.94 bits per heavy atom. The molecule has 0 unspecified atom stereocenters. The molecule has 0 saturated carbocycles. The van der Waals surface area contributed by atoms with Crippen molar-refractivity contribution in [1.82, 2.24) is 5.43 Å². The van der Waals surface area contributed by atoms with E-state index in [4.69, 9.17) is 14.7 Å². The Balaban J connectivity index is 1.59. The fraction of sp³-hybridized carbons (Fsp3) is 0.192. The second-order valence-electron chi connectivity index (χ2n) is 7.41. The monoisotopic (exact) mass is 427 g/mol. The van der Waals surface area contributed by atoms with Crippen LogP contribution in [0.1, 0.15) is 33.4 Å². The number of rotatable bonds is 8. The van der Waals surface area contributed by atoms with Gasteiger partial charge in [0, 0.05) is 0 Å². The van der Waals surface area contributed by atoms with Crippen molar-refractivity contribution in [3.05, 3.63) is 94.0 Å². The Labute approximate surface area is 188 Å². The van der Waals surface area contributed by atoms with Gasteiger partial charge in [-0.05, 0) is 66.4 Å². The number of nitriles is 1. The molecule has 1 amide bonds. The summed E-state index contributed by atoms with van der Waals surface area (Å²) in [6.07, 6.45) is 1.83. The molecule has 3 rings (SSSR count). The molecule has 0 aliphatic heterocycles. The van der Waals surface area contributed by atoms with E-state index >= 15 is 0 Å². The summed E-state index contributed by atoms with van der Waals surface area (Å²) in [6.45, 7) is 4.33. The van der Waals surface area contributed by atoms with Gasteiger partial charge in [0.15, 0.2) is 11.5 Å². The summed E-state index contributed by atoms with van der Waals surface area (Å²) in [7, 11) is 1.56. The van der Waals surface area contributed by atoms with Gasteiger partial charge in [0.2, 0.25) is 5.91 Å². The van der Waals surface area contributed by atoms with Crippen molar-refractivity contribution in [2.24, 2.45) is 5.10 Å². The molecular formula is C26H25N3O3. The minimum Gasteiger partial charge on any atom is -0.493 e. The maximum atomic E-state index is 12.2. The highest BCUT2D eigenvalue weighted by molar-refractivity contribution is 5.84. The Morgan fingerprint density at radius 1 is 1.09 bits per heavy atom. The number of amides is 1. The Morgan fingerprint density at radius 3 is 2.69 bits per heavy atom. The second kappa shape index (κ2) is 10.8. The van der Waals surface area contributed by atoms with Crippen LogP contribution in [-0.4, -0.2) is 19.2 Å². The zero-order valence-electron chi connectivity index (χ0n) is 18.4. The van der Waals surface area contributed by atoms with E-state index in [1.165, 1.54) is 5.56 Å². The first kappa shape index (κ1) is 22.6. The third-order valence-electron chi connectivity index (χ3n) is 4.89. The molecule has 0 aromatic heterocycles. The molecule has 0 radical (unpaired) electrons. The zero-order valence-corrected chi connectivity index (χ0v) is 18.4. The van der Waals surface area contributed by atoms with Crippen LogP contribution in [0.25, 0.3) is 0 Å². The van der Waals surface area contributed by atoms with E-state index in [1.54, 1.807) is 37.6 Å². The number of benzene rings is 3. The molecule has 1 N–H and O–H groups in total. The van der Waals surface area contributed by atoms with Gasteiger partial charge in [-0.15, -0.1) is 0 Å². The summed E-state index contributed by atoms with van der Waals surface area (Å²) in [5, 5.41) is 13.1. The number of nitrogens with zero attached hydrogens (tertiary/aromatic N) is 2. The van der Waals surface area contributed by atoms with Crippen LogP contribution >= 0.6 is 0 Å². The highest BCUT2D eigenvalue weighted by Gasteiger charge is 2.07. The third kappa shape index (κ3) is 6.19. The normalized spacial score (nSPS) is 10.6. The first-order valence-corrected chi connectivity index (χ1v) is 10.2. The Bertz CT molecular complexity index is 1180. The molecule has 0 aliphatic carbocycles. The summed E-state index contributed by atoms with van der Waals surface area (Å²) in [4.78, 5) is 12.2. The smallest absolute Gasteiger partial charge is 0.244 e. The molecule has 0 bridgehead atoms. The van der Waals surface area contributed by atoms with Crippen LogP contribution in [0.5, 0.6) is 11.5 Å². The number of nitrogens with one attached hydrogen (secondary N) is 1. The molecule has 6 heteroatoms. The van der Waals surface area contributed by atoms with Gasteiger partial charge in [0.05, 0.1) is 31.4 Å². The van der Waals surface area contributed by atoms with Crippen LogP contribution < -0.4 is 14.9 Å². The highest BCUT2D eigenvalue weighted by atomic mass is 16.5. The lowest BCUT2D eigenvalue weighted by Crippen LogP contribution is -2.20. The number of methoxy groups -OCH3 is 1. The number of hydrogen-bond acceptors (Lipinski definition) is 5. The van der Waals surface area contributed by atoms with Crippen LogP contribution in [0.3, 0.4) is 0 Å². The summed E-state index contributed by atoms with van der Waals surface area (Å²) < 4.78 is 11.3. The van der Waals surface area contributed by atoms with Gasteiger partial charge in [0.25, 0.3) is 0 Å². The van der Waals surface area contributed by atoms with Crippen molar-refractivity contribution in [3.8, 4) is 17.6 Å². The van der Waals surface area contributed by atoms with Crippen LogP contribution in [0.15, 0.2) is 65.8 Å². The van der Waals surface area contributed by atoms with Gasteiger partial charge in [-0.2, -0.15) is 10.4 Å². The van der Waals surface area contributed by atoms with Crippen molar-refractivity contribution in [2.45, 2.75) is 26.9 Å². The summed E-state index contributed by atoms with van der Waals surface area (Å²) >= 11 is 0. The van der Waals surface area contributed by atoms with Crippen LogP contribution in [0, 0.1) is 25.2 Å². The van der Waals surface area contributed by atoms with Gasteiger partial charge < -0.3 is 9.47 Å². The largest absolute Gasteiger partial charge is 0.493 e. The van der Waals surface area contributed by atoms with Gasteiger partial charge in [-0.1, -0.05) is 35.9 Å². The lowest BCUT2D eigenvalue weighted by molar-refractivity contribution is -0.120. The SMILES string of the molecule is COc1cc(/C=N/NC(=O)Cc2ccc(C)cc2C)ccc1OCc1cccc(C#N)c1. The number of hydrazone groups is 1. The molecular weight excluding hydrogens is 402 g/mol. The second-order valence-corrected chi connectivity index (χ2v) is 7.41. The van der Waals surface area contributed by atoms with Crippen LogP contribution in [0.2, 0.25) is 0 Å². The fourth-order valence-corrected chi connectivity index (χ4v) is 3.21. The number of hydrogen-bond donors (Lipinski definition) is 1. The lowest BCUT2D eigenvalue weighted by atomic mass is 10.0. The van der Waals surface area contributed by atoms with Crippen LogP contribution in [0.4, 0.5) is 0 Å². The molecule has 0 fully saturated rings. The maximum absolute atomic E-state index is 12.2. The van der Waals surface area contributed by atoms with E-state index in [2.05, 4.69) is 22.7 Å². The summed E-state index contributed by atoms with van der Waals surface area (Å²) in [5.74, 6) is 0.942. The van der Waals surface area contributed by atoms with Gasteiger partial charge >= 0.3 is 0 Å². The van der Waals surface area contributed by atoms with Crippen molar-refractivity contribution in [1.29, 1.82) is 5.26 Å². The fourth-order valence-electron chi connectivity index (χ4n) is 3.21. The van der Waals surface area contributed by atoms with E-state index in [0.29, 0.717) is 23.7 Å². The standard InChI is InChI=1S/C26H25N3O3/c1-18-7-9-23(19(2)11-18)14-26(30)29-28-16-21-8-10-24(25(13-21)31-3)32-17-22-6-4-5-20(12-22)15-27/h4-13,16H,14,17H2,1-3H3,(H,29,30)/b28-16+. The van der Waals surface area contributed by atoms with Gasteiger partial charge in [-0.25, -0.2) is 5.43 Å². The number of aryl methyl sites for hydroxylation is 2. The molecule has 162 valence electrons. The first-order chi connectivity index (χ1) is 15.5. The topological polar surface area (TPSA) is 83.7 Å². The van der Waals surface area contributed by atoms with E-state index in [0.717, 1.165) is 22.3 Å². The number of carbonyl (C=O) groups excluding carboxylic acids is 1. The maximum Gasteiger partial charge on any atom is 0.244 e. The predicted octanol–water partition coefficient (Wildman–Crippen LogP) is 4.46. The number of ether oxygens (including phenoxy) is 2. The summed E-state index contributed by atoms with van der Waals surface area (Å²) in [5.41, 5.74) is 8.03. The third-order valence-corrected chi connectivity index (χ3v) is 4.89. The quantitative estimate of drug-likeness (QED) is 0.425. The Kier molecular flexibility index (Phi) is 7.60. The van der Waals surface area contributed by atoms with Crippen molar-refractivity contribution in [2.75, 3.05) is 7.11 Å². The number of carbonyl (C=O) groups is 1. The predicted molar refractivity (Wildman–Crippen MR) is 124 cm³/mol. The minimum atomic E-state index is -0.181. The molecule has 0 heterocycles. The average molecular weight is 428 g/mol. The lowest BCUT2D eigenvalue weighted by Gasteiger charge is -2.11. The van der Waals surface area contributed by atoms with Crippen molar-refractivity contribution in [3.63, 3.8) is 0 Å². The van der Waals surface area contributed by atoms with E-state index in [9.17, 15) is 4.79 Å². The molecule has 0 saturated heterocycles. The molecule has 6 nitrogen and oxygen atoms in total. The zero-order chi connectivity index (χ0) is 22.9. The van der Waals surface area contributed by atoms with E-state index in [1.807, 2.05) is 44.2 Å². The molecule has 32 heavy (non-hydrogen) atoms. The molecule has 0 spiro atoms. The van der Waals surface area contributed by atoms with Crippen molar-refractivity contribution < 1.29 is 14.3 Å². The van der Waals surface area contributed by atoms with Gasteiger partial charge in [0.1, 0.15) is 6.61 Å².